The molecule has 0 aromatic heterocycles. The van der Waals surface area contributed by atoms with Crippen LogP contribution in [0.3, 0.4) is 0 Å². The van der Waals surface area contributed by atoms with E-state index in [1.165, 1.54) is 24.0 Å². The Morgan fingerprint density at radius 1 is 1.24 bits per heavy atom. The molecule has 0 spiro atoms. The van der Waals surface area contributed by atoms with Gasteiger partial charge in [-0.05, 0) is 43.4 Å². The molecule has 3 rings (SSSR count). The van der Waals surface area contributed by atoms with Gasteiger partial charge in [0.1, 0.15) is 0 Å². The molecule has 116 valence electrons. The first-order valence-electron chi connectivity index (χ1n) is 8.01. The highest BCUT2D eigenvalue weighted by Gasteiger charge is 2.25. The first-order valence-corrected chi connectivity index (χ1v) is 8.39. The van der Waals surface area contributed by atoms with Crippen molar-refractivity contribution in [3.8, 4) is 11.5 Å². The molecule has 21 heavy (non-hydrogen) atoms. The Labute approximate surface area is 132 Å². The third-order valence-corrected chi connectivity index (χ3v) is 4.58. The Morgan fingerprint density at radius 3 is 2.67 bits per heavy atom. The number of fused-ring (bicyclic) bond motifs is 1. The van der Waals surface area contributed by atoms with E-state index >= 15 is 0 Å². The first kappa shape index (κ1) is 15.0. The molecule has 1 saturated heterocycles. The van der Waals surface area contributed by atoms with Crippen molar-refractivity contribution in [3.05, 3.63) is 22.2 Å². The molecule has 2 aliphatic heterocycles. The largest absolute Gasteiger partial charge is 0.489 e. The van der Waals surface area contributed by atoms with Gasteiger partial charge < -0.3 is 14.8 Å². The van der Waals surface area contributed by atoms with Gasteiger partial charge in [0.05, 0.1) is 18.2 Å². The second kappa shape index (κ2) is 6.45. The monoisotopic (exact) mass is 309 g/mol. The van der Waals surface area contributed by atoms with Crippen LogP contribution in [0.5, 0.6) is 11.5 Å². The van der Waals surface area contributed by atoms with Crippen molar-refractivity contribution in [2.24, 2.45) is 0 Å². The highest BCUT2D eigenvalue weighted by molar-refractivity contribution is 6.32. The summed E-state index contributed by atoms with van der Waals surface area (Å²) in [6.07, 6.45) is 4.43. The SMILES string of the molecule is CC(C)c1c(CC2CCCN2)cc(Cl)c2c1OCCCO2. The lowest BCUT2D eigenvalue weighted by atomic mass is 9.91. The van der Waals surface area contributed by atoms with Crippen LogP contribution < -0.4 is 14.8 Å². The van der Waals surface area contributed by atoms with Crippen LogP contribution in [0.15, 0.2) is 6.07 Å². The molecule has 1 N–H and O–H groups in total. The standard InChI is InChI=1S/C17H24ClNO2/c1-11(2)15-12(9-13-5-3-6-19-13)10-14(18)16-17(15)21-8-4-7-20-16/h10-11,13,19H,3-9H2,1-2H3. The van der Waals surface area contributed by atoms with Gasteiger partial charge >= 0.3 is 0 Å². The van der Waals surface area contributed by atoms with Crippen LogP contribution in [0.4, 0.5) is 0 Å². The van der Waals surface area contributed by atoms with Crippen LogP contribution in [0.25, 0.3) is 0 Å². The Balaban J connectivity index is 2.01. The maximum Gasteiger partial charge on any atom is 0.180 e. The summed E-state index contributed by atoms with van der Waals surface area (Å²) >= 11 is 6.46. The van der Waals surface area contributed by atoms with Gasteiger partial charge in [-0.15, -0.1) is 0 Å². The summed E-state index contributed by atoms with van der Waals surface area (Å²) < 4.78 is 11.8. The Bertz CT molecular complexity index is 510. The maximum atomic E-state index is 6.46. The molecule has 3 nitrogen and oxygen atoms in total. The molecule has 0 saturated carbocycles. The van der Waals surface area contributed by atoms with Gasteiger partial charge in [0.25, 0.3) is 0 Å². The van der Waals surface area contributed by atoms with E-state index in [0.29, 0.717) is 30.2 Å². The molecule has 0 radical (unpaired) electrons. The van der Waals surface area contributed by atoms with E-state index in [1.807, 2.05) is 0 Å². The molecule has 1 unspecified atom stereocenters. The lowest BCUT2D eigenvalue weighted by Crippen LogP contribution is -2.24. The lowest BCUT2D eigenvalue weighted by Gasteiger charge is -2.22. The van der Waals surface area contributed by atoms with E-state index < -0.39 is 0 Å². The normalized spacial score (nSPS) is 21.6. The summed E-state index contributed by atoms with van der Waals surface area (Å²) in [5.41, 5.74) is 2.57. The smallest absolute Gasteiger partial charge is 0.180 e. The van der Waals surface area contributed by atoms with Gasteiger partial charge in [0.15, 0.2) is 11.5 Å². The predicted octanol–water partition coefficient (Wildman–Crippen LogP) is 3.92. The summed E-state index contributed by atoms with van der Waals surface area (Å²) in [5.74, 6) is 2.01. The predicted molar refractivity (Wildman–Crippen MR) is 85.9 cm³/mol. The zero-order valence-electron chi connectivity index (χ0n) is 12.9. The van der Waals surface area contributed by atoms with Crippen LogP contribution >= 0.6 is 11.6 Å². The van der Waals surface area contributed by atoms with Gasteiger partial charge in [0, 0.05) is 18.0 Å². The van der Waals surface area contributed by atoms with Crippen molar-refractivity contribution < 1.29 is 9.47 Å². The van der Waals surface area contributed by atoms with Gasteiger partial charge in [-0.2, -0.15) is 0 Å². The van der Waals surface area contributed by atoms with Crippen molar-refractivity contribution >= 4 is 11.6 Å². The van der Waals surface area contributed by atoms with Crippen LogP contribution in [0.2, 0.25) is 5.02 Å². The number of ether oxygens (including phenoxy) is 2. The zero-order valence-corrected chi connectivity index (χ0v) is 13.6. The van der Waals surface area contributed by atoms with Crippen LogP contribution in [-0.4, -0.2) is 25.8 Å². The molecule has 1 fully saturated rings. The topological polar surface area (TPSA) is 30.5 Å². The van der Waals surface area contributed by atoms with Crippen molar-refractivity contribution in [2.75, 3.05) is 19.8 Å². The first-order chi connectivity index (χ1) is 10.2. The van der Waals surface area contributed by atoms with E-state index in [2.05, 4.69) is 25.2 Å². The maximum absolute atomic E-state index is 6.46. The number of benzene rings is 1. The molecule has 1 atom stereocenters. The number of hydrogen-bond donors (Lipinski definition) is 1. The van der Waals surface area contributed by atoms with E-state index in [1.54, 1.807) is 0 Å². The van der Waals surface area contributed by atoms with E-state index in [-0.39, 0.29) is 0 Å². The van der Waals surface area contributed by atoms with Crippen molar-refractivity contribution in [1.82, 2.24) is 5.32 Å². The highest BCUT2D eigenvalue weighted by Crippen LogP contribution is 2.45. The fourth-order valence-electron chi connectivity index (χ4n) is 3.36. The molecule has 4 heteroatoms. The van der Waals surface area contributed by atoms with Gasteiger partial charge in [-0.25, -0.2) is 0 Å². The van der Waals surface area contributed by atoms with Crippen LogP contribution in [0, 0.1) is 0 Å². The van der Waals surface area contributed by atoms with E-state index in [9.17, 15) is 0 Å². The third-order valence-electron chi connectivity index (χ3n) is 4.30. The third kappa shape index (κ3) is 3.14. The summed E-state index contributed by atoms with van der Waals surface area (Å²) in [7, 11) is 0. The van der Waals surface area contributed by atoms with Crippen LogP contribution in [-0.2, 0) is 6.42 Å². The van der Waals surface area contributed by atoms with E-state index in [0.717, 1.165) is 30.9 Å². The Kier molecular flexibility index (Phi) is 4.60. The molecule has 2 heterocycles. The highest BCUT2D eigenvalue weighted by atomic mass is 35.5. The second-order valence-electron chi connectivity index (χ2n) is 6.29. The van der Waals surface area contributed by atoms with Crippen molar-refractivity contribution in [3.63, 3.8) is 0 Å². The molecule has 2 aliphatic rings. The van der Waals surface area contributed by atoms with Gasteiger partial charge in [0.2, 0.25) is 0 Å². The molecule has 1 aromatic carbocycles. The number of rotatable bonds is 3. The van der Waals surface area contributed by atoms with Crippen molar-refractivity contribution in [2.45, 2.75) is 51.5 Å². The summed E-state index contributed by atoms with van der Waals surface area (Å²) in [4.78, 5) is 0. The minimum absolute atomic E-state index is 0.397. The minimum atomic E-state index is 0.397. The quantitative estimate of drug-likeness (QED) is 0.918. The Hall–Kier alpha value is -0.930. The number of nitrogens with one attached hydrogen (secondary N) is 1. The van der Waals surface area contributed by atoms with Crippen molar-refractivity contribution in [1.29, 1.82) is 0 Å². The van der Waals surface area contributed by atoms with Gasteiger partial charge in [-0.1, -0.05) is 25.4 Å². The fraction of sp³-hybridized carbons (Fsp3) is 0.647. The fourth-order valence-corrected chi connectivity index (χ4v) is 3.63. The number of halogens is 1. The molecule has 0 amide bonds. The van der Waals surface area contributed by atoms with Crippen LogP contribution in [0.1, 0.15) is 50.2 Å². The molecular formula is C17H24ClNO2. The molecule has 1 aromatic rings. The summed E-state index contributed by atoms with van der Waals surface area (Å²) in [6.45, 7) is 6.93. The lowest BCUT2D eigenvalue weighted by molar-refractivity contribution is 0.295. The molecule has 0 aliphatic carbocycles. The number of hydrogen-bond acceptors (Lipinski definition) is 3. The summed E-state index contributed by atoms with van der Waals surface area (Å²) in [5, 5.41) is 4.25. The average molecular weight is 310 g/mol. The molecule has 0 bridgehead atoms. The minimum Gasteiger partial charge on any atom is -0.489 e. The summed E-state index contributed by atoms with van der Waals surface area (Å²) in [6, 6.07) is 2.65. The average Bonchev–Trinajstić information content (AvgIpc) is 2.81. The Morgan fingerprint density at radius 2 is 2.00 bits per heavy atom. The molecular weight excluding hydrogens is 286 g/mol. The van der Waals surface area contributed by atoms with Gasteiger partial charge in [-0.3, -0.25) is 0 Å². The zero-order chi connectivity index (χ0) is 14.8. The van der Waals surface area contributed by atoms with E-state index in [4.69, 9.17) is 21.1 Å². The second-order valence-corrected chi connectivity index (χ2v) is 6.70.